The van der Waals surface area contributed by atoms with Gasteiger partial charge in [0, 0.05) is 36.4 Å². The van der Waals surface area contributed by atoms with Crippen molar-refractivity contribution in [3.8, 4) is 11.1 Å². The van der Waals surface area contributed by atoms with Crippen LogP contribution >= 0.6 is 0 Å². The summed E-state index contributed by atoms with van der Waals surface area (Å²) in [5.41, 5.74) is 18.9. The lowest BCUT2D eigenvalue weighted by molar-refractivity contribution is 0.0903. The topological polar surface area (TPSA) is 101 Å². The lowest BCUT2D eigenvalue weighted by atomic mass is 9.88. The van der Waals surface area contributed by atoms with E-state index in [1.165, 1.54) is 0 Å². The molecule has 0 aliphatic carbocycles. The van der Waals surface area contributed by atoms with Crippen molar-refractivity contribution in [2.24, 2.45) is 17.4 Å². The summed E-state index contributed by atoms with van der Waals surface area (Å²) in [4.78, 5) is 13.4. The third-order valence-corrected chi connectivity index (χ3v) is 6.86. The summed E-state index contributed by atoms with van der Waals surface area (Å²) in [6.45, 7) is 4.24. The molecule has 4 rings (SSSR count). The summed E-state index contributed by atoms with van der Waals surface area (Å²) in [5, 5.41) is 13.6. The average Bonchev–Trinajstić information content (AvgIpc) is 2.96. The lowest BCUT2D eigenvalue weighted by Crippen LogP contribution is -2.44. The van der Waals surface area contributed by atoms with Crippen LogP contribution in [0.25, 0.3) is 16.8 Å². The molecule has 0 fully saturated rings. The number of carbonyl (C=O) groups excluding carboxylic acids is 1. The van der Waals surface area contributed by atoms with Gasteiger partial charge in [0.1, 0.15) is 0 Å². The van der Waals surface area contributed by atoms with Gasteiger partial charge in [0.05, 0.1) is 0 Å². The number of aliphatic hydroxyl groups is 1. The van der Waals surface area contributed by atoms with E-state index in [0.717, 1.165) is 33.4 Å². The monoisotopic (exact) mass is 505 g/mol. The fraction of sp³-hybridized carbons (Fsp3) is 0.182. The molecule has 0 saturated heterocycles. The molecule has 194 valence electrons. The Morgan fingerprint density at radius 3 is 2.13 bits per heavy atom. The molecule has 0 saturated carbocycles. The second-order valence-corrected chi connectivity index (χ2v) is 9.62. The Kier molecular flexibility index (Phi) is 9.09. The van der Waals surface area contributed by atoms with Gasteiger partial charge < -0.3 is 21.9 Å². The Balaban J connectivity index is 1.55. The number of carbonyl (C=O) groups is 1. The fourth-order valence-electron chi connectivity index (χ4n) is 4.68. The van der Waals surface area contributed by atoms with Crippen LogP contribution in [0.3, 0.4) is 0 Å². The van der Waals surface area contributed by atoms with Crippen LogP contribution in [0.5, 0.6) is 0 Å². The minimum atomic E-state index is -0.277. The predicted octanol–water partition coefficient (Wildman–Crippen LogP) is 4.93. The Hall–Kier alpha value is -4.19. The highest BCUT2D eigenvalue weighted by molar-refractivity contribution is 5.95. The van der Waals surface area contributed by atoms with Crippen LogP contribution in [0.15, 0.2) is 110 Å². The average molecular weight is 506 g/mol. The molecule has 2 atom stereocenters. The van der Waals surface area contributed by atoms with Crippen molar-refractivity contribution in [2.45, 2.75) is 25.4 Å². The molecule has 6 N–H and O–H groups in total. The number of hydrogen-bond donors (Lipinski definition) is 4. The molecule has 5 heteroatoms. The molecule has 5 nitrogen and oxygen atoms in total. The number of rotatable bonds is 11. The number of aliphatic hydroxyl groups excluding tert-OH is 1. The minimum Gasteiger partial charge on any atom is -0.399 e. The Bertz CT molecular complexity index is 1370. The molecular formula is C33H35N3O2. The highest BCUT2D eigenvalue weighted by Crippen LogP contribution is 2.22. The molecule has 1 amide bonds. The van der Waals surface area contributed by atoms with Crippen LogP contribution in [0, 0.1) is 5.92 Å². The minimum absolute atomic E-state index is 0.0675. The molecular weight excluding hydrogens is 470 g/mol. The van der Waals surface area contributed by atoms with Gasteiger partial charge in [0.15, 0.2) is 0 Å². The van der Waals surface area contributed by atoms with Gasteiger partial charge >= 0.3 is 0 Å². The molecule has 0 aliphatic rings. The third kappa shape index (κ3) is 6.97. The first-order chi connectivity index (χ1) is 18.5. The number of nitrogens with two attached hydrogens (primary N) is 2. The molecule has 0 aromatic heterocycles. The molecule has 2 unspecified atom stereocenters. The summed E-state index contributed by atoms with van der Waals surface area (Å²) in [6.07, 6.45) is 1.19. The smallest absolute Gasteiger partial charge is 0.251 e. The SMILES string of the molecule is C=C(N)c1cccc(CC(CO)C(Cc2ccccc2)NC(=O)c2ccc(-c3cccc(CN)c3)cc2)c1. The van der Waals surface area contributed by atoms with Crippen molar-refractivity contribution in [3.63, 3.8) is 0 Å². The Morgan fingerprint density at radius 2 is 1.45 bits per heavy atom. The van der Waals surface area contributed by atoms with Crippen molar-refractivity contribution >= 4 is 11.6 Å². The number of nitrogens with one attached hydrogen (secondary N) is 1. The van der Waals surface area contributed by atoms with Crippen molar-refractivity contribution in [3.05, 3.63) is 138 Å². The summed E-state index contributed by atoms with van der Waals surface area (Å²) >= 11 is 0. The second kappa shape index (κ2) is 12.9. The maximum absolute atomic E-state index is 13.4. The van der Waals surface area contributed by atoms with Gasteiger partial charge in [-0.1, -0.05) is 85.4 Å². The molecule has 38 heavy (non-hydrogen) atoms. The molecule has 0 bridgehead atoms. The first-order valence-electron chi connectivity index (χ1n) is 12.9. The summed E-state index contributed by atoms with van der Waals surface area (Å²) in [6, 6.07) is 33.2. The summed E-state index contributed by atoms with van der Waals surface area (Å²) in [7, 11) is 0. The lowest BCUT2D eigenvalue weighted by Gasteiger charge is -2.27. The molecule has 4 aromatic carbocycles. The van der Waals surface area contributed by atoms with Crippen LogP contribution in [0.1, 0.15) is 32.6 Å². The molecule has 0 heterocycles. The predicted molar refractivity (Wildman–Crippen MR) is 155 cm³/mol. The summed E-state index contributed by atoms with van der Waals surface area (Å²) < 4.78 is 0. The van der Waals surface area contributed by atoms with Crippen molar-refractivity contribution in [1.82, 2.24) is 5.32 Å². The zero-order valence-corrected chi connectivity index (χ0v) is 21.5. The van der Waals surface area contributed by atoms with E-state index in [2.05, 4.69) is 18.0 Å². The van der Waals surface area contributed by atoms with Gasteiger partial charge in [-0.05, 0) is 70.5 Å². The first kappa shape index (κ1) is 26.9. The zero-order chi connectivity index (χ0) is 26.9. The van der Waals surface area contributed by atoms with E-state index >= 15 is 0 Å². The maximum Gasteiger partial charge on any atom is 0.251 e. The van der Waals surface area contributed by atoms with Gasteiger partial charge in [-0.3, -0.25) is 4.79 Å². The van der Waals surface area contributed by atoms with Crippen LogP contribution in [0.4, 0.5) is 0 Å². The first-order valence-corrected chi connectivity index (χ1v) is 12.9. The zero-order valence-electron chi connectivity index (χ0n) is 21.5. The van der Waals surface area contributed by atoms with E-state index in [-0.39, 0.29) is 24.5 Å². The van der Waals surface area contributed by atoms with Gasteiger partial charge in [-0.2, -0.15) is 0 Å². The second-order valence-electron chi connectivity index (χ2n) is 9.62. The molecule has 4 aromatic rings. The quantitative estimate of drug-likeness (QED) is 0.232. The standard InChI is InChI=1S/C33H35N3O2/c1-23(35)29-11-5-9-25(17-29)18-31(22-37)32(20-24-7-3-2-4-8-24)36-33(38)28-15-13-27(14-16-28)30-12-6-10-26(19-30)21-34/h2-17,19,31-32,37H,1,18,20-22,34-35H2,(H,36,38). The summed E-state index contributed by atoms with van der Waals surface area (Å²) in [5.74, 6) is -0.366. The normalized spacial score (nSPS) is 12.5. The van der Waals surface area contributed by atoms with E-state index in [1.54, 1.807) is 0 Å². The fourth-order valence-corrected chi connectivity index (χ4v) is 4.68. The van der Waals surface area contributed by atoms with E-state index in [1.807, 2.05) is 97.1 Å². The van der Waals surface area contributed by atoms with Crippen molar-refractivity contribution in [2.75, 3.05) is 6.61 Å². The molecule has 0 spiro atoms. The number of benzene rings is 4. The van der Waals surface area contributed by atoms with Gasteiger partial charge in [-0.25, -0.2) is 0 Å². The van der Waals surface area contributed by atoms with Gasteiger partial charge in [-0.15, -0.1) is 0 Å². The highest BCUT2D eigenvalue weighted by atomic mass is 16.3. The molecule has 0 radical (unpaired) electrons. The Labute approximate surface area is 224 Å². The van der Waals surface area contributed by atoms with Crippen LogP contribution in [-0.4, -0.2) is 23.7 Å². The van der Waals surface area contributed by atoms with E-state index in [4.69, 9.17) is 11.5 Å². The van der Waals surface area contributed by atoms with E-state index in [9.17, 15) is 9.90 Å². The van der Waals surface area contributed by atoms with Gasteiger partial charge in [0.25, 0.3) is 5.91 Å². The van der Waals surface area contributed by atoms with E-state index in [0.29, 0.717) is 30.6 Å². The largest absolute Gasteiger partial charge is 0.399 e. The maximum atomic E-state index is 13.4. The van der Waals surface area contributed by atoms with Crippen LogP contribution < -0.4 is 16.8 Å². The van der Waals surface area contributed by atoms with Gasteiger partial charge in [0.2, 0.25) is 0 Å². The highest BCUT2D eigenvalue weighted by Gasteiger charge is 2.24. The van der Waals surface area contributed by atoms with Crippen LogP contribution in [0.2, 0.25) is 0 Å². The van der Waals surface area contributed by atoms with Crippen LogP contribution in [-0.2, 0) is 19.4 Å². The van der Waals surface area contributed by atoms with Crippen molar-refractivity contribution < 1.29 is 9.90 Å². The van der Waals surface area contributed by atoms with E-state index < -0.39 is 0 Å². The Morgan fingerprint density at radius 1 is 0.763 bits per heavy atom. The number of amides is 1. The third-order valence-electron chi connectivity index (χ3n) is 6.86. The van der Waals surface area contributed by atoms with Crippen molar-refractivity contribution in [1.29, 1.82) is 0 Å². The molecule has 0 aliphatic heterocycles. The number of hydrogen-bond acceptors (Lipinski definition) is 4.